The Morgan fingerprint density at radius 1 is 1.05 bits per heavy atom. The number of aromatic nitrogens is 2. The Balaban J connectivity index is 2.16. The Hall–Kier alpha value is -0.620. The first-order valence-electron chi connectivity index (χ1n) is 6.44. The van der Waals surface area contributed by atoms with Crippen LogP contribution in [0.2, 0.25) is 0 Å². The zero-order chi connectivity index (χ0) is 14.1. The summed E-state index contributed by atoms with van der Waals surface area (Å²) in [5.41, 5.74) is 3.23. The maximum Gasteiger partial charge on any atom is 0.0701 e. The maximum absolute atomic E-state index is 5.88. The molecular formula is C13H23ClN2O3. The van der Waals surface area contributed by atoms with E-state index in [0.29, 0.717) is 38.9 Å². The molecule has 0 saturated carbocycles. The number of ether oxygens (including phenoxy) is 3. The second-order valence-corrected chi connectivity index (χ2v) is 4.49. The molecule has 1 rings (SSSR count). The highest BCUT2D eigenvalue weighted by Crippen LogP contribution is 2.14. The Kier molecular flexibility index (Phi) is 8.05. The van der Waals surface area contributed by atoms with E-state index in [-0.39, 0.29) is 0 Å². The van der Waals surface area contributed by atoms with Crippen molar-refractivity contribution in [2.45, 2.75) is 26.3 Å². The molecule has 0 aromatic carbocycles. The number of alkyl halides is 1. The van der Waals surface area contributed by atoms with Crippen molar-refractivity contribution in [3.05, 3.63) is 17.0 Å². The number of methoxy groups -OCH3 is 1. The second kappa shape index (κ2) is 9.31. The molecule has 0 fully saturated rings. The summed E-state index contributed by atoms with van der Waals surface area (Å²) in [6, 6.07) is 0. The summed E-state index contributed by atoms with van der Waals surface area (Å²) in [7, 11) is 1.66. The van der Waals surface area contributed by atoms with E-state index in [1.165, 1.54) is 0 Å². The Bertz CT molecular complexity index is 369. The zero-order valence-corrected chi connectivity index (χ0v) is 12.7. The highest BCUT2D eigenvalue weighted by atomic mass is 35.5. The lowest BCUT2D eigenvalue weighted by molar-refractivity contribution is 0.0224. The Morgan fingerprint density at radius 2 is 1.68 bits per heavy atom. The van der Waals surface area contributed by atoms with Gasteiger partial charge in [0.15, 0.2) is 0 Å². The Morgan fingerprint density at radius 3 is 2.26 bits per heavy atom. The average molecular weight is 291 g/mol. The molecule has 0 aliphatic carbocycles. The SMILES string of the molecule is COCCOCCOCCn1nc(C)c(CCl)c1C. The van der Waals surface area contributed by atoms with E-state index in [2.05, 4.69) is 5.10 Å². The molecule has 0 amide bonds. The average Bonchev–Trinajstić information content (AvgIpc) is 2.67. The van der Waals surface area contributed by atoms with Gasteiger partial charge in [-0.15, -0.1) is 11.6 Å². The van der Waals surface area contributed by atoms with E-state index >= 15 is 0 Å². The van der Waals surface area contributed by atoms with Gasteiger partial charge in [0.25, 0.3) is 0 Å². The zero-order valence-electron chi connectivity index (χ0n) is 11.9. The smallest absolute Gasteiger partial charge is 0.0701 e. The van der Waals surface area contributed by atoms with E-state index in [9.17, 15) is 0 Å². The molecule has 0 aliphatic rings. The molecule has 0 atom stereocenters. The summed E-state index contributed by atoms with van der Waals surface area (Å²) in [6.07, 6.45) is 0. The van der Waals surface area contributed by atoms with Crippen LogP contribution in [0.5, 0.6) is 0 Å². The van der Waals surface area contributed by atoms with Gasteiger partial charge in [-0.1, -0.05) is 0 Å². The minimum Gasteiger partial charge on any atom is -0.382 e. The first-order valence-corrected chi connectivity index (χ1v) is 6.97. The summed E-state index contributed by atoms with van der Waals surface area (Å²) in [5.74, 6) is 0.506. The van der Waals surface area contributed by atoms with Crippen LogP contribution in [0.3, 0.4) is 0 Å². The molecule has 5 nitrogen and oxygen atoms in total. The van der Waals surface area contributed by atoms with Gasteiger partial charge in [-0.25, -0.2) is 0 Å². The van der Waals surface area contributed by atoms with Crippen LogP contribution in [0.25, 0.3) is 0 Å². The quantitative estimate of drug-likeness (QED) is 0.488. The van der Waals surface area contributed by atoms with Crippen molar-refractivity contribution in [2.24, 2.45) is 0 Å². The minimum atomic E-state index is 0.506. The van der Waals surface area contributed by atoms with Crippen LogP contribution < -0.4 is 0 Å². The predicted octanol–water partition coefficient (Wildman–Crippen LogP) is 1.92. The first kappa shape index (κ1) is 16.4. The molecule has 1 aromatic heterocycles. The number of aryl methyl sites for hydroxylation is 1. The molecule has 0 aliphatic heterocycles. The maximum atomic E-state index is 5.88. The van der Waals surface area contributed by atoms with Crippen molar-refractivity contribution in [3.8, 4) is 0 Å². The predicted molar refractivity (Wildman–Crippen MR) is 74.8 cm³/mol. The van der Waals surface area contributed by atoms with Crippen LogP contribution >= 0.6 is 11.6 Å². The normalized spacial score (nSPS) is 11.2. The number of hydrogen-bond donors (Lipinski definition) is 0. The van der Waals surface area contributed by atoms with Crippen molar-refractivity contribution in [3.63, 3.8) is 0 Å². The van der Waals surface area contributed by atoms with Crippen molar-refractivity contribution in [2.75, 3.05) is 40.1 Å². The van der Waals surface area contributed by atoms with Crippen molar-refractivity contribution in [1.29, 1.82) is 0 Å². The van der Waals surface area contributed by atoms with E-state index < -0.39 is 0 Å². The van der Waals surface area contributed by atoms with Gasteiger partial charge in [0.1, 0.15) is 0 Å². The largest absolute Gasteiger partial charge is 0.382 e. The summed E-state index contributed by atoms with van der Waals surface area (Å²) in [6.45, 7) is 7.78. The Labute approximate surface area is 119 Å². The third-order valence-electron chi connectivity index (χ3n) is 2.92. The molecule has 0 saturated heterocycles. The summed E-state index contributed by atoms with van der Waals surface area (Å²) in [4.78, 5) is 0. The summed E-state index contributed by atoms with van der Waals surface area (Å²) >= 11 is 5.88. The lowest BCUT2D eigenvalue weighted by Gasteiger charge is -2.07. The molecule has 1 heterocycles. The molecule has 6 heteroatoms. The third-order valence-corrected chi connectivity index (χ3v) is 3.18. The second-order valence-electron chi connectivity index (χ2n) is 4.22. The number of nitrogens with zero attached hydrogens (tertiary/aromatic N) is 2. The lowest BCUT2D eigenvalue weighted by atomic mass is 10.2. The monoisotopic (exact) mass is 290 g/mol. The van der Waals surface area contributed by atoms with Crippen LogP contribution in [0, 0.1) is 13.8 Å². The minimum absolute atomic E-state index is 0.506. The molecule has 0 radical (unpaired) electrons. The van der Waals surface area contributed by atoms with Gasteiger partial charge in [0.05, 0.1) is 51.2 Å². The molecule has 0 spiro atoms. The molecule has 0 unspecified atom stereocenters. The number of rotatable bonds is 10. The van der Waals surface area contributed by atoms with Crippen LogP contribution in [0.4, 0.5) is 0 Å². The first-order chi connectivity index (χ1) is 9.20. The van der Waals surface area contributed by atoms with Gasteiger partial charge >= 0.3 is 0 Å². The summed E-state index contributed by atoms with van der Waals surface area (Å²) in [5, 5.41) is 4.44. The standard InChI is InChI=1S/C13H23ClN2O3/c1-11-13(10-14)12(2)16(15-11)4-5-18-8-9-19-7-6-17-3/h4-10H2,1-3H3. The van der Waals surface area contributed by atoms with Crippen molar-refractivity contribution in [1.82, 2.24) is 9.78 Å². The molecular weight excluding hydrogens is 268 g/mol. The van der Waals surface area contributed by atoms with Gasteiger partial charge in [0.2, 0.25) is 0 Å². The van der Waals surface area contributed by atoms with Gasteiger partial charge in [-0.3, -0.25) is 4.68 Å². The molecule has 0 N–H and O–H groups in total. The fourth-order valence-electron chi connectivity index (χ4n) is 1.76. The molecule has 0 bridgehead atoms. The number of halogens is 1. The van der Waals surface area contributed by atoms with Gasteiger partial charge in [-0.05, 0) is 13.8 Å². The van der Waals surface area contributed by atoms with Crippen molar-refractivity contribution < 1.29 is 14.2 Å². The van der Waals surface area contributed by atoms with Crippen LogP contribution in [0.15, 0.2) is 0 Å². The highest BCUT2D eigenvalue weighted by molar-refractivity contribution is 6.17. The molecule has 110 valence electrons. The molecule has 19 heavy (non-hydrogen) atoms. The van der Waals surface area contributed by atoms with Crippen LogP contribution in [-0.4, -0.2) is 49.9 Å². The van der Waals surface area contributed by atoms with Crippen molar-refractivity contribution >= 4 is 11.6 Å². The lowest BCUT2D eigenvalue weighted by Crippen LogP contribution is -2.13. The van der Waals surface area contributed by atoms with Gasteiger partial charge < -0.3 is 14.2 Å². The topological polar surface area (TPSA) is 45.5 Å². The van der Waals surface area contributed by atoms with Gasteiger partial charge in [0, 0.05) is 18.4 Å². The van der Waals surface area contributed by atoms with Crippen LogP contribution in [0.1, 0.15) is 17.0 Å². The highest BCUT2D eigenvalue weighted by Gasteiger charge is 2.09. The van der Waals surface area contributed by atoms with E-state index in [4.69, 9.17) is 25.8 Å². The van der Waals surface area contributed by atoms with E-state index in [0.717, 1.165) is 23.5 Å². The molecule has 1 aromatic rings. The fraction of sp³-hybridized carbons (Fsp3) is 0.769. The summed E-state index contributed by atoms with van der Waals surface area (Å²) < 4.78 is 17.6. The number of hydrogen-bond acceptors (Lipinski definition) is 4. The fourth-order valence-corrected chi connectivity index (χ4v) is 2.15. The van der Waals surface area contributed by atoms with Crippen LogP contribution in [-0.2, 0) is 26.6 Å². The van der Waals surface area contributed by atoms with Gasteiger partial charge in [-0.2, -0.15) is 5.10 Å². The third kappa shape index (κ3) is 5.48. The van der Waals surface area contributed by atoms with E-state index in [1.54, 1.807) is 7.11 Å². The van der Waals surface area contributed by atoms with E-state index in [1.807, 2.05) is 18.5 Å².